The van der Waals surface area contributed by atoms with Crippen LogP contribution in [0.4, 0.5) is 4.39 Å². The molecule has 3 heteroatoms. The van der Waals surface area contributed by atoms with Gasteiger partial charge < -0.3 is 10.5 Å². The summed E-state index contributed by atoms with van der Waals surface area (Å²) in [6.07, 6.45) is 1.67. The minimum Gasteiger partial charge on any atom is -0.490 e. The molecule has 1 atom stereocenters. The quantitative estimate of drug-likeness (QED) is 0.786. The summed E-state index contributed by atoms with van der Waals surface area (Å²) in [6.45, 7) is 2.49. The molecule has 1 unspecified atom stereocenters. The first kappa shape index (κ1) is 11.0. The Hall–Kier alpha value is -1.09. The summed E-state index contributed by atoms with van der Waals surface area (Å²) in [7, 11) is 0. The highest BCUT2D eigenvalue weighted by Crippen LogP contribution is 2.15. The molecule has 0 heterocycles. The summed E-state index contributed by atoms with van der Waals surface area (Å²) in [4.78, 5) is 0. The Morgan fingerprint density at radius 2 is 2.14 bits per heavy atom. The smallest absolute Gasteiger partial charge is 0.165 e. The van der Waals surface area contributed by atoms with Gasteiger partial charge in [-0.05, 0) is 25.0 Å². The number of ether oxygens (including phenoxy) is 1. The van der Waals surface area contributed by atoms with Gasteiger partial charge in [0, 0.05) is 6.04 Å². The van der Waals surface area contributed by atoms with E-state index < -0.39 is 0 Å². The van der Waals surface area contributed by atoms with Crippen LogP contribution < -0.4 is 10.5 Å². The van der Waals surface area contributed by atoms with Crippen LogP contribution in [0, 0.1) is 5.82 Å². The van der Waals surface area contributed by atoms with Gasteiger partial charge in [0.05, 0.1) is 6.61 Å². The first-order valence-corrected chi connectivity index (χ1v) is 4.87. The predicted molar refractivity (Wildman–Crippen MR) is 54.8 cm³/mol. The number of hydrogen-bond acceptors (Lipinski definition) is 2. The van der Waals surface area contributed by atoms with Crippen molar-refractivity contribution >= 4 is 0 Å². The van der Waals surface area contributed by atoms with Gasteiger partial charge in [0.15, 0.2) is 11.6 Å². The normalized spacial score (nSPS) is 12.5. The van der Waals surface area contributed by atoms with Crippen molar-refractivity contribution < 1.29 is 9.13 Å². The van der Waals surface area contributed by atoms with Gasteiger partial charge in [0.1, 0.15) is 0 Å². The van der Waals surface area contributed by atoms with Crippen molar-refractivity contribution in [2.75, 3.05) is 6.61 Å². The maximum absolute atomic E-state index is 13.0. The average molecular weight is 197 g/mol. The Labute approximate surface area is 83.9 Å². The molecule has 14 heavy (non-hydrogen) atoms. The first-order valence-electron chi connectivity index (χ1n) is 4.87. The van der Waals surface area contributed by atoms with Crippen LogP contribution in [0.1, 0.15) is 19.8 Å². The molecule has 0 bridgehead atoms. The van der Waals surface area contributed by atoms with Crippen LogP contribution in [0.5, 0.6) is 5.75 Å². The van der Waals surface area contributed by atoms with Gasteiger partial charge in [-0.2, -0.15) is 0 Å². The molecule has 0 aromatic heterocycles. The molecule has 2 nitrogen and oxygen atoms in total. The summed E-state index contributed by atoms with van der Waals surface area (Å²) in [5.41, 5.74) is 5.70. The summed E-state index contributed by atoms with van der Waals surface area (Å²) in [5.74, 6) is -0.0200. The second kappa shape index (κ2) is 5.60. The molecule has 0 amide bonds. The van der Waals surface area contributed by atoms with Crippen molar-refractivity contribution in [1.29, 1.82) is 0 Å². The molecule has 0 fully saturated rings. The number of para-hydroxylation sites is 1. The molecule has 0 radical (unpaired) electrons. The fourth-order valence-corrected chi connectivity index (χ4v) is 1.09. The van der Waals surface area contributed by atoms with E-state index in [1.165, 1.54) is 6.07 Å². The van der Waals surface area contributed by atoms with Crippen molar-refractivity contribution in [2.45, 2.75) is 25.8 Å². The van der Waals surface area contributed by atoms with E-state index >= 15 is 0 Å². The molecule has 78 valence electrons. The average Bonchev–Trinajstić information content (AvgIpc) is 2.20. The Morgan fingerprint density at radius 1 is 1.43 bits per heavy atom. The maximum Gasteiger partial charge on any atom is 0.165 e. The lowest BCUT2D eigenvalue weighted by Gasteiger charge is -2.10. The summed E-state index contributed by atoms with van der Waals surface area (Å²) < 4.78 is 18.3. The molecule has 2 N–H and O–H groups in total. The van der Waals surface area contributed by atoms with Gasteiger partial charge in [-0.3, -0.25) is 0 Å². The number of halogens is 1. The number of hydrogen-bond donors (Lipinski definition) is 1. The van der Waals surface area contributed by atoms with Gasteiger partial charge in [0.2, 0.25) is 0 Å². The highest BCUT2D eigenvalue weighted by molar-refractivity contribution is 5.23. The molecular formula is C11H16FNO. The largest absolute Gasteiger partial charge is 0.490 e. The molecule has 0 aliphatic rings. The zero-order valence-corrected chi connectivity index (χ0v) is 8.37. The fourth-order valence-electron chi connectivity index (χ4n) is 1.09. The zero-order chi connectivity index (χ0) is 10.4. The second-order valence-corrected chi connectivity index (χ2v) is 3.24. The molecule has 0 aliphatic carbocycles. The van der Waals surface area contributed by atoms with E-state index in [-0.39, 0.29) is 11.9 Å². The molecule has 0 saturated heterocycles. The predicted octanol–water partition coefficient (Wildman–Crippen LogP) is 2.33. The topological polar surface area (TPSA) is 35.2 Å². The van der Waals surface area contributed by atoms with E-state index in [2.05, 4.69) is 0 Å². The van der Waals surface area contributed by atoms with Crippen molar-refractivity contribution in [1.82, 2.24) is 0 Å². The van der Waals surface area contributed by atoms with Crippen LogP contribution in [-0.4, -0.2) is 12.6 Å². The summed E-state index contributed by atoms with van der Waals surface area (Å²) in [6, 6.07) is 6.53. The van der Waals surface area contributed by atoms with Gasteiger partial charge in [-0.15, -0.1) is 0 Å². The summed E-state index contributed by atoms with van der Waals surface area (Å²) in [5, 5.41) is 0. The highest BCUT2D eigenvalue weighted by Gasteiger charge is 2.02. The summed E-state index contributed by atoms with van der Waals surface area (Å²) >= 11 is 0. The third kappa shape index (κ3) is 3.34. The SMILES string of the molecule is CCC(N)CCOc1ccccc1F. The van der Waals surface area contributed by atoms with Crippen molar-refractivity contribution in [2.24, 2.45) is 5.73 Å². The molecule has 0 spiro atoms. The minimum absolute atomic E-state index is 0.141. The van der Waals surface area contributed by atoms with Gasteiger partial charge in [-0.25, -0.2) is 4.39 Å². The lowest BCUT2D eigenvalue weighted by molar-refractivity contribution is 0.283. The highest BCUT2D eigenvalue weighted by atomic mass is 19.1. The molecule has 0 saturated carbocycles. The number of benzene rings is 1. The van der Waals surface area contributed by atoms with Crippen LogP contribution in [-0.2, 0) is 0 Å². The molecule has 1 aromatic rings. The van der Waals surface area contributed by atoms with E-state index in [9.17, 15) is 4.39 Å². The lowest BCUT2D eigenvalue weighted by Crippen LogP contribution is -2.21. The Balaban J connectivity index is 2.35. The Kier molecular flexibility index (Phi) is 4.40. The standard InChI is InChI=1S/C11H16FNO/c1-2-9(13)7-8-14-11-6-4-3-5-10(11)12/h3-6,9H,2,7-8,13H2,1H3. The van der Waals surface area contributed by atoms with Gasteiger partial charge in [0.25, 0.3) is 0 Å². The maximum atomic E-state index is 13.0. The third-order valence-electron chi connectivity index (χ3n) is 2.11. The van der Waals surface area contributed by atoms with Crippen molar-refractivity contribution in [3.63, 3.8) is 0 Å². The van der Waals surface area contributed by atoms with Crippen LogP contribution in [0.3, 0.4) is 0 Å². The van der Waals surface area contributed by atoms with Crippen molar-refractivity contribution in [3.05, 3.63) is 30.1 Å². The van der Waals surface area contributed by atoms with E-state index in [0.29, 0.717) is 12.4 Å². The Morgan fingerprint density at radius 3 is 2.79 bits per heavy atom. The first-order chi connectivity index (χ1) is 6.74. The van der Waals surface area contributed by atoms with E-state index in [0.717, 1.165) is 12.8 Å². The number of rotatable bonds is 5. The monoisotopic (exact) mass is 197 g/mol. The third-order valence-corrected chi connectivity index (χ3v) is 2.11. The van der Waals surface area contributed by atoms with Crippen LogP contribution in [0.25, 0.3) is 0 Å². The van der Waals surface area contributed by atoms with Crippen LogP contribution in [0.2, 0.25) is 0 Å². The lowest BCUT2D eigenvalue weighted by atomic mass is 10.2. The van der Waals surface area contributed by atoms with Gasteiger partial charge >= 0.3 is 0 Å². The fraction of sp³-hybridized carbons (Fsp3) is 0.455. The number of nitrogens with two attached hydrogens (primary N) is 1. The van der Waals surface area contributed by atoms with Gasteiger partial charge in [-0.1, -0.05) is 19.1 Å². The zero-order valence-electron chi connectivity index (χ0n) is 8.37. The molecule has 1 aromatic carbocycles. The van der Waals surface area contributed by atoms with Crippen molar-refractivity contribution in [3.8, 4) is 5.75 Å². The van der Waals surface area contributed by atoms with E-state index in [1.54, 1.807) is 18.2 Å². The van der Waals surface area contributed by atoms with Crippen LogP contribution in [0.15, 0.2) is 24.3 Å². The second-order valence-electron chi connectivity index (χ2n) is 3.24. The minimum atomic E-state index is -0.322. The van der Waals surface area contributed by atoms with E-state index in [1.807, 2.05) is 6.92 Å². The molecule has 1 rings (SSSR count). The molecule has 0 aliphatic heterocycles. The van der Waals surface area contributed by atoms with E-state index in [4.69, 9.17) is 10.5 Å². The molecular weight excluding hydrogens is 181 g/mol. The van der Waals surface area contributed by atoms with Crippen LogP contribution >= 0.6 is 0 Å². The Bertz CT molecular complexity index is 278.